The van der Waals surface area contributed by atoms with E-state index >= 15 is 0 Å². The van der Waals surface area contributed by atoms with Crippen LogP contribution in [0.3, 0.4) is 0 Å². The second kappa shape index (κ2) is 10.0. The molecule has 0 fully saturated rings. The van der Waals surface area contributed by atoms with Crippen LogP contribution in [0.2, 0.25) is 0 Å². The maximum absolute atomic E-state index is 3.76. The summed E-state index contributed by atoms with van der Waals surface area (Å²) in [5.74, 6) is 0. The second-order valence-corrected chi connectivity index (χ2v) is 5.62. The lowest BCUT2D eigenvalue weighted by atomic mass is 10.1. The van der Waals surface area contributed by atoms with Gasteiger partial charge in [0, 0.05) is 0 Å². The van der Waals surface area contributed by atoms with Crippen LogP contribution in [0.1, 0.15) is 24.5 Å². The zero-order valence-electron chi connectivity index (χ0n) is 14.2. The van der Waals surface area contributed by atoms with Crippen LogP contribution < -0.4 is 0 Å². The predicted molar refractivity (Wildman–Crippen MR) is 108 cm³/mol. The van der Waals surface area contributed by atoms with E-state index < -0.39 is 0 Å². The standard InChI is InChI=1S/C24H24/c1-3-4-11-24(20-23-14-9-6-10-15-23)19-17-21(2)16-18-22-12-7-5-8-13-22/h3-18,20H,1,19H2,2H3. The summed E-state index contributed by atoms with van der Waals surface area (Å²) < 4.78 is 0. The second-order valence-electron chi connectivity index (χ2n) is 5.62. The molecule has 2 aromatic carbocycles. The maximum Gasteiger partial charge on any atom is -0.00915 e. The smallest absolute Gasteiger partial charge is 0.00915 e. The van der Waals surface area contributed by atoms with E-state index in [0.717, 1.165) is 6.42 Å². The van der Waals surface area contributed by atoms with E-state index in [9.17, 15) is 0 Å². The van der Waals surface area contributed by atoms with Crippen molar-refractivity contribution in [1.82, 2.24) is 0 Å². The molecule has 0 saturated heterocycles. The molecule has 0 spiro atoms. The van der Waals surface area contributed by atoms with Gasteiger partial charge in [0.15, 0.2) is 0 Å². The molecule has 0 saturated carbocycles. The van der Waals surface area contributed by atoms with Gasteiger partial charge in [0.05, 0.1) is 0 Å². The van der Waals surface area contributed by atoms with E-state index in [1.54, 1.807) is 0 Å². The van der Waals surface area contributed by atoms with Crippen molar-refractivity contribution in [3.05, 3.63) is 120 Å². The van der Waals surface area contributed by atoms with E-state index in [0.29, 0.717) is 0 Å². The van der Waals surface area contributed by atoms with E-state index in [1.807, 2.05) is 24.3 Å². The van der Waals surface area contributed by atoms with Crippen LogP contribution in [0.15, 0.2) is 109 Å². The lowest BCUT2D eigenvalue weighted by Crippen LogP contribution is -1.80. The molecule has 0 unspecified atom stereocenters. The molecule has 0 N–H and O–H groups in total. The zero-order valence-corrected chi connectivity index (χ0v) is 14.2. The first kappa shape index (κ1) is 17.5. The first-order valence-corrected chi connectivity index (χ1v) is 8.22. The van der Waals surface area contributed by atoms with Gasteiger partial charge in [0.2, 0.25) is 0 Å². The monoisotopic (exact) mass is 312 g/mol. The molecule has 2 aromatic rings. The van der Waals surface area contributed by atoms with E-state index in [1.165, 1.54) is 22.3 Å². The van der Waals surface area contributed by atoms with Gasteiger partial charge in [0.25, 0.3) is 0 Å². The van der Waals surface area contributed by atoms with Crippen molar-refractivity contribution in [2.45, 2.75) is 13.3 Å². The normalized spacial score (nSPS) is 12.9. The van der Waals surface area contributed by atoms with Crippen molar-refractivity contribution >= 4 is 12.2 Å². The molecule has 0 bridgehead atoms. The first-order chi connectivity index (χ1) is 11.8. The van der Waals surface area contributed by atoms with Gasteiger partial charge in [-0.2, -0.15) is 0 Å². The molecule has 24 heavy (non-hydrogen) atoms. The Hall–Kier alpha value is -2.86. The van der Waals surface area contributed by atoms with E-state index in [2.05, 4.69) is 92.4 Å². The largest absolute Gasteiger partial charge is 0.0991 e. The molecule has 0 aliphatic rings. The predicted octanol–water partition coefficient (Wildman–Crippen LogP) is 6.86. The van der Waals surface area contributed by atoms with Crippen LogP contribution in [0.4, 0.5) is 0 Å². The van der Waals surface area contributed by atoms with Crippen LogP contribution in [-0.2, 0) is 0 Å². The quantitative estimate of drug-likeness (QED) is 0.490. The van der Waals surface area contributed by atoms with Crippen LogP contribution in [0.25, 0.3) is 12.2 Å². The number of rotatable bonds is 7. The summed E-state index contributed by atoms with van der Waals surface area (Å²) in [5, 5.41) is 0. The third-order valence-electron chi connectivity index (χ3n) is 3.60. The van der Waals surface area contributed by atoms with Gasteiger partial charge in [-0.15, -0.1) is 0 Å². The van der Waals surface area contributed by atoms with E-state index in [4.69, 9.17) is 0 Å². The van der Waals surface area contributed by atoms with Gasteiger partial charge in [-0.1, -0.05) is 115 Å². The van der Waals surface area contributed by atoms with Crippen molar-refractivity contribution in [3.8, 4) is 0 Å². The summed E-state index contributed by atoms with van der Waals surface area (Å²) in [5.41, 5.74) is 4.95. The molecule has 0 aliphatic carbocycles. The minimum Gasteiger partial charge on any atom is -0.0991 e. The minimum absolute atomic E-state index is 0.893. The van der Waals surface area contributed by atoms with Gasteiger partial charge in [0.1, 0.15) is 0 Å². The Kier molecular flexibility index (Phi) is 7.30. The number of allylic oxidation sites excluding steroid dienone is 7. The van der Waals surface area contributed by atoms with Gasteiger partial charge in [-0.05, 0) is 30.0 Å². The summed E-state index contributed by atoms with van der Waals surface area (Å²) in [6.45, 7) is 5.89. The van der Waals surface area contributed by atoms with E-state index in [-0.39, 0.29) is 0 Å². The Balaban J connectivity index is 2.09. The van der Waals surface area contributed by atoms with Crippen LogP contribution in [0.5, 0.6) is 0 Å². The molecule has 0 aromatic heterocycles. The third kappa shape index (κ3) is 6.50. The fraction of sp³-hybridized carbons (Fsp3) is 0.0833. The number of hydrogen-bond donors (Lipinski definition) is 0. The van der Waals surface area contributed by atoms with Gasteiger partial charge in [-0.25, -0.2) is 0 Å². The summed E-state index contributed by atoms with van der Waals surface area (Å²) in [6.07, 6.45) is 15.6. The van der Waals surface area contributed by atoms with Crippen molar-refractivity contribution in [1.29, 1.82) is 0 Å². The average Bonchev–Trinajstić information content (AvgIpc) is 2.64. The van der Waals surface area contributed by atoms with Crippen LogP contribution in [0, 0.1) is 0 Å². The Morgan fingerprint density at radius 1 is 0.875 bits per heavy atom. The molecule has 0 nitrogen and oxygen atoms in total. The highest BCUT2D eigenvalue weighted by molar-refractivity contribution is 5.57. The highest BCUT2D eigenvalue weighted by atomic mass is 14.0. The number of benzene rings is 2. The summed E-state index contributed by atoms with van der Waals surface area (Å²) in [6, 6.07) is 20.8. The molecule has 0 aliphatic heterocycles. The van der Waals surface area contributed by atoms with Crippen LogP contribution in [-0.4, -0.2) is 0 Å². The van der Waals surface area contributed by atoms with Gasteiger partial charge >= 0.3 is 0 Å². The Morgan fingerprint density at radius 2 is 1.50 bits per heavy atom. The molecular formula is C24H24. The lowest BCUT2D eigenvalue weighted by Gasteiger charge is -2.01. The maximum atomic E-state index is 3.76. The zero-order chi connectivity index (χ0) is 17.0. The molecule has 0 heteroatoms. The summed E-state index contributed by atoms with van der Waals surface area (Å²) in [4.78, 5) is 0. The summed E-state index contributed by atoms with van der Waals surface area (Å²) >= 11 is 0. The Labute approximate surface area is 145 Å². The molecule has 0 radical (unpaired) electrons. The third-order valence-corrected chi connectivity index (χ3v) is 3.60. The molecule has 0 heterocycles. The van der Waals surface area contributed by atoms with Crippen molar-refractivity contribution < 1.29 is 0 Å². The van der Waals surface area contributed by atoms with Crippen molar-refractivity contribution in [2.75, 3.05) is 0 Å². The Morgan fingerprint density at radius 3 is 2.12 bits per heavy atom. The topological polar surface area (TPSA) is 0 Å². The fourth-order valence-electron chi connectivity index (χ4n) is 2.27. The molecule has 0 amide bonds. The lowest BCUT2D eigenvalue weighted by molar-refractivity contribution is 1.27. The van der Waals surface area contributed by atoms with Crippen molar-refractivity contribution in [2.24, 2.45) is 0 Å². The Bertz CT molecular complexity index is 741. The highest BCUT2D eigenvalue weighted by Crippen LogP contribution is 2.14. The highest BCUT2D eigenvalue weighted by Gasteiger charge is 1.93. The fourth-order valence-corrected chi connectivity index (χ4v) is 2.27. The number of hydrogen-bond acceptors (Lipinski definition) is 0. The molecule has 120 valence electrons. The minimum atomic E-state index is 0.893. The molecule has 0 atom stereocenters. The van der Waals surface area contributed by atoms with Gasteiger partial charge < -0.3 is 0 Å². The van der Waals surface area contributed by atoms with Crippen molar-refractivity contribution in [3.63, 3.8) is 0 Å². The average molecular weight is 312 g/mol. The van der Waals surface area contributed by atoms with Crippen LogP contribution >= 0.6 is 0 Å². The SMILES string of the molecule is C=CC=CC(=Cc1ccccc1)CC=C(C)C=Cc1ccccc1. The molecular weight excluding hydrogens is 288 g/mol. The van der Waals surface area contributed by atoms with Gasteiger partial charge in [-0.3, -0.25) is 0 Å². The molecule has 2 rings (SSSR count). The summed E-state index contributed by atoms with van der Waals surface area (Å²) in [7, 11) is 0. The first-order valence-electron chi connectivity index (χ1n) is 8.22.